The number of fused-ring (bicyclic) bond motifs is 1. The van der Waals surface area contributed by atoms with Gasteiger partial charge in [0, 0.05) is 25.5 Å². The third kappa shape index (κ3) is 4.16. The Labute approximate surface area is 178 Å². The maximum atomic E-state index is 12.4. The van der Waals surface area contributed by atoms with Gasteiger partial charge in [-0.1, -0.05) is 18.2 Å². The van der Waals surface area contributed by atoms with Crippen molar-refractivity contribution >= 4 is 23.6 Å². The number of anilines is 1. The summed E-state index contributed by atoms with van der Waals surface area (Å²) in [5.41, 5.74) is 7.62. The van der Waals surface area contributed by atoms with E-state index in [0.29, 0.717) is 35.6 Å². The number of benzene rings is 1. The summed E-state index contributed by atoms with van der Waals surface area (Å²) in [4.78, 5) is 46.1. The number of hydrogen-bond donors (Lipinski definition) is 2. The number of carboxylic acid groups (broad SMARTS) is 1. The molecule has 9 nitrogen and oxygen atoms in total. The van der Waals surface area contributed by atoms with Gasteiger partial charge in [0.25, 0.3) is 11.8 Å². The Balaban J connectivity index is 1.37. The van der Waals surface area contributed by atoms with E-state index in [4.69, 9.17) is 5.73 Å². The highest BCUT2D eigenvalue weighted by molar-refractivity contribution is 6.21. The molecule has 3 aromatic rings. The van der Waals surface area contributed by atoms with Crippen LogP contribution in [0.3, 0.4) is 0 Å². The van der Waals surface area contributed by atoms with E-state index in [1.54, 1.807) is 59.7 Å². The number of imide groups is 1. The Morgan fingerprint density at radius 2 is 1.74 bits per heavy atom. The summed E-state index contributed by atoms with van der Waals surface area (Å²) in [7, 11) is 0. The predicted molar refractivity (Wildman–Crippen MR) is 111 cm³/mol. The number of aliphatic carboxylic acids is 1. The molecular weight excluding hydrogens is 398 g/mol. The van der Waals surface area contributed by atoms with E-state index < -0.39 is 11.9 Å². The molecule has 0 saturated carbocycles. The molecule has 158 valence electrons. The molecule has 0 saturated heterocycles. The van der Waals surface area contributed by atoms with Crippen molar-refractivity contribution in [2.45, 2.75) is 25.3 Å². The van der Waals surface area contributed by atoms with Crippen LogP contribution >= 0.6 is 0 Å². The molecule has 1 aliphatic rings. The van der Waals surface area contributed by atoms with Crippen LogP contribution in [0.5, 0.6) is 0 Å². The van der Waals surface area contributed by atoms with Crippen LogP contribution in [0.2, 0.25) is 0 Å². The van der Waals surface area contributed by atoms with Gasteiger partial charge in [0.1, 0.15) is 11.7 Å². The fourth-order valence-electron chi connectivity index (χ4n) is 3.64. The standard InChI is InChI=1S/C22H21N5O4/c23-19-7-6-14(11-24-19)10-17(22(30)31)18-12-26(13-25-18)8-3-9-27-20(28)15-4-1-2-5-16(15)21(27)29/h1-2,4-7,11-13,17H,3,8-10H2,(H2,23,24)(H,30,31). The number of nitrogens with zero attached hydrogens (tertiary/aromatic N) is 4. The molecule has 3 N–H and O–H groups in total. The van der Waals surface area contributed by atoms with Crippen LogP contribution in [-0.4, -0.2) is 48.9 Å². The topological polar surface area (TPSA) is 131 Å². The third-order valence-corrected chi connectivity index (χ3v) is 5.27. The van der Waals surface area contributed by atoms with Crippen molar-refractivity contribution < 1.29 is 19.5 Å². The average molecular weight is 419 g/mol. The number of carbonyl (C=O) groups is 3. The van der Waals surface area contributed by atoms with Crippen LogP contribution in [0, 0.1) is 0 Å². The van der Waals surface area contributed by atoms with Crippen molar-refractivity contribution in [1.82, 2.24) is 19.4 Å². The van der Waals surface area contributed by atoms with Gasteiger partial charge in [0.15, 0.2) is 0 Å². The van der Waals surface area contributed by atoms with Crippen molar-refractivity contribution in [3.63, 3.8) is 0 Å². The molecule has 0 bridgehead atoms. The molecule has 3 heterocycles. The molecule has 2 amide bonds. The number of rotatable bonds is 8. The molecule has 1 aromatic carbocycles. The smallest absolute Gasteiger partial charge is 0.312 e. The lowest BCUT2D eigenvalue weighted by Gasteiger charge is -2.13. The minimum Gasteiger partial charge on any atom is -0.481 e. The van der Waals surface area contributed by atoms with Crippen LogP contribution in [-0.2, 0) is 17.8 Å². The molecule has 0 aliphatic carbocycles. The van der Waals surface area contributed by atoms with Gasteiger partial charge in [-0.3, -0.25) is 19.3 Å². The molecule has 31 heavy (non-hydrogen) atoms. The number of aryl methyl sites for hydroxylation is 1. The van der Waals surface area contributed by atoms with Gasteiger partial charge in [-0.05, 0) is 36.6 Å². The number of nitrogen functional groups attached to an aromatic ring is 1. The van der Waals surface area contributed by atoms with Crippen molar-refractivity contribution in [3.8, 4) is 0 Å². The first-order valence-electron chi connectivity index (χ1n) is 9.84. The van der Waals surface area contributed by atoms with Crippen LogP contribution in [0.15, 0.2) is 55.1 Å². The summed E-state index contributed by atoms with van der Waals surface area (Å²) in [5.74, 6) is -1.99. The van der Waals surface area contributed by atoms with E-state index >= 15 is 0 Å². The lowest BCUT2D eigenvalue weighted by atomic mass is 9.98. The van der Waals surface area contributed by atoms with E-state index in [2.05, 4.69) is 9.97 Å². The minimum atomic E-state index is -0.979. The summed E-state index contributed by atoms with van der Waals surface area (Å²) in [6.07, 6.45) is 5.58. The minimum absolute atomic E-state index is 0.245. The fraction of sp³-hybridized carbons (Fsp3) is 0.227. The number of aromatic nitrogens is 3. The Morgan fingerprint density at radius 1 is 1.03 bits per heavy atom. The molecule has 4 rings (SSSR count). The number of pyridine rings is 1. The zero-order chi connectivity index (χ0) is 22.0. The van der Waals surface area contributed by atoms with Gasteiger partial charge >= 0.3 is 5.97 Å². The zero-order valence-corrected chi connectivity index (χ0v) is 16.6. The van der Waals surface area contributed by atoms with E-state index in [-0.39, 0.29) is 24.8 Å². The number of imidazole rings is 1. The van der Waals surface area contributed by atoms with Gasteiger partial charge < -0.3 is 15.4 Å². The molecule has 0 spiro atoms. The number of nitrogens with two attached hydrogens (primary N) is 1. The van der Waals surface area contributed by atoms with Gasteiger partial charge in [-0.2, -0.15) is 0 Å². The van der Waals surface area contributed by atoms with Crippen LogP contribution < -0.4 is 5.73 Å². The summed E-state index contributed by atoms with van der Waals surface area (Å²) in [6.45, 7) is 0.773. The van der Waals surface area contributed by atoms with Crippen molar-refractivity contribution in [1.29, 1.82) is 0 Å². The second-order valence-corrected chi connectivity index (χ2v) is 7.38. The van der Waals surface area contributed by atoms with E-state index in [1.807, 2.05) is 0 Å². The van der Waals surface area contributed by atoms with Crippen LogP contribution in [0.4, 0.5) is 5.82 Å². The normalized spacial score (nSPS) is 14.0. The predicted octanol–water partition coefficient (Wildman–Crippen LogP) is 1.96. The first kappa shape index (κ1) is 20.3. The summed E-state index contributed by atoms with van der Waals surface area (Å²) >= 11 is 0. The molecule has 1 aliphatic heterocycles. The molecule has 1 atom stereocenters. The second-order valence-electron chi connectivity index (χ2n) is 7.38. The van der Waals surface area contributed by atoms with Crippen molar-refractivity contribution in [2.75, 3.05) is 12.3 Å². The first-order valence-corrected chi connectivity index (χ1v) is 9.84. The maximum absolute atomic E-state index is 12.4. The van der Waals surface area contributed by atoms with Gasteiger partial charge in [0.2, 0.25) is 0 Å². The lowest BCUT2D eigenvalue weighted by Crippen LogP contribution is -2.31. The Morgan fingerprint density at radius 3 is 2.35 bits per heavy atom. The largest absolute Gasteiger partial charge is 0.481 e. The number of carboxylic acids is 1. The van der Waals surface area contributed by atoms with E-state index in [0.717, 1.165) is 5.56 Å². The quantitative estimate of drug-likeness (QED) is 0.534. The SMILES string of the molecule is Nc1ccc(CC(C(=O)O)c2cn(CCCN3C(=O)c4ccccc4C3=O)cn2)cn1. The van der Waals surface area contributed by atoms with Crippen LogP contribution in [0.25, 0.3) is 0 Å². The molecule has 9 heteroatoms. The monoisotopic (exact) mass is 419 g/mol. The molecular formula is C22H21N5O4. The first-order chi connectivity index (χ1) is 14.9. The Hall–Kier alpha value is -4.01. The Bertz CT molecular complexity index is 1100. The number of hydrogen-bond acceptors (Lipinski definition) is 6. The summed E-state index contributed by atoms with van der Waals surface area (Å²) < 4.78 is 1.77. The fourth-order valence-corrected chi connectivity index (χ4v) is 3.64. The summed E-state index contributed by atoms with van der Waals surface area (Å²) in [6, 6.07) is 10.2. The highest BCUT2D eigenvalue weighted by Crippen LogP contribution is 2.23. The summed E-state index contributed by atoms with van der Waals surface area (Å²) in [5, 5.41) is 9.64. The molecule has 0 fully saturated rings. The number of amides is 2. The molecule has 0 radical (unpaired) electrons. The van der Waals surface area contributed by atoms with E-state index in [1.165, 1.54) is 4.90 Å². The zero-order valence-electron chi connectivity index (χ0n) is 16.6. The second kappa shape index (κ2) is 8.39. The molecule has 1 unspecified atom stereocenters. The van der Waals surface area contributed by atoms with E-state index in [9.17, 15) is 19.5 Å². The highest BCUT2D eigenvalue weighted by atomic mass is 16.4. The molecule has 2 aromatic heterocycles. The Kier molecular flexibility index (Phi) is 5.48. The van der Waals surface area contributed by atoms with Crippen molar-refractivity contribution in [3.05, 3.63) is 77.5 Å². The highest BCUT2D eigenvalue weighted by Gasteiger charge is 2.34. The average Bonchev–Trinajstić information content (AvgIpc) is 3.32. The number of carbonyl (C=O) groups excluding carboxylic acids is 2. The maximum Gasteiger partial charge on any atom is 0.312 e. The third-order valence-electron chi connectivity index (χ3n) is 5.27. The van der Waals surface area contributed by atoms with Crippen molar-refractivity contribution in [2.24, 2.45) is 0 Å². The van der Waals surface area contributed by atoms with Crippen LogP contribution in [0.1, 0.15) is 44.3 Å². The van der Waals surface area contributed by atoms with Gasteiger partial charge in [0.05, 0.1) is 23.1 Å². The lowest BCUT2D eigenvalue weighted by molar-refractivity contribution is -0.138. The van der Waals surface area contributed by atoms with Gasteiger partial charge in [-0.15, -0.1) is 0 Å². The van der Waals surface area contributed by atoms with Gasteiger partial charge in [-0.25, -0.2) is 9.97 Å².